The van der Waals surface area contributed by atoms with E-state index < -0.39 is 0 Å². The molecule has 4 fully saturated rings. The van der Waals surface area contributed by atoms with E-state index in [1.165, 1.54) is 25.7 Å². The summed E-state index contributed by atoms with van der Waals surface area (Å²) in [5, 5.41) is 0. The van der Waals surface area contributed by atoms with Crippen molar-refractivity contribution in [2.75, 3.05) is 32.8 Å². The Bertz CT molecular complexity index is 471. The van der Waals surface area contributed by atoms with Gasteiger partial charge in [-0.1, -0.05) is 12.8 Å². The molecule has 4 aliphatic rings. The number of rotatable bonds is 5. The third-order valence-electron chi connectivity index (χ3n) is 6.49. The van der Waals surface area contributed by atoms with Crippen LogP contribution in [0.25, 0.3) is 0 Å². The Morgan fingerprint density at radius 1 is 0.958 bits per heavy atom. The summed E-state index contributed by atoms with van der Waals surface area (Å²) in [7, 11) is 0. The Labute approximate surface area is 144 Å². The maximum absolute atomic E-state index is 13.1. The second-order valence-electron chi connectivity index (χ2n) is 8.08. The van der Waals surface area contributed by atoms with Gasteiger partial charge >= 0.3 is 0 Å². The largest absolute Gasteiger partial charge is 0.376 e. The van der Waals surface area contributed by atoms with Gasteiger partial charge in [-0.3, -0.25) is 9.59 Å². The highest BCUT2D eigenvalue weighted by Crippen LogP contribution is 2.56. The van der Waals surface area contributed by atoms with Crippen LogP contribution < -0.4 is 0 Å². The van der Waals surface area contributed by atoms with Crippen LogP contribution in [0.4, 0.5) is 0 Å². The van der Waals surface area contributed by atoms with Gasteiger partial charge in [0, 0.05) is 32.2 Å². The van der Waals surface area contributed by atoms with Gasteiger partial charge in [-0.15, -0.1) is 0 Å². The number of nitrogens with zero attached hydrogens (tertiary/aromatic N) is 2. The van der Waals surface area contributed by atoms with E-state index in [0.29, 0.717) is 18.4 Å². The molecule has 134 valence electrons. The van der Waals surface area contributed by atoms with Crippen molar-refractivity contribution >= 4 is 11.8 Å². The van der Waals surface area contributed by atoms with Crippen molar-refractivity contribution in [2.45, 2.75) is 57.5 Å². The molecule has 0 N–H and O–H groups in total. The number of fused-ring (bicyclic) bond motifs is 1. The Morgan fingerprint density at radius 2 is 1.67 bits per heavy atom. The van der Waals surface area contributed by atoms with Crippen LogP contribution in [0.3, 0.4) is 0 Å². The van der Waals surface area contributed by atoms with E-state index in [9.17, 15) is 9.59 Å². The summed E-state index contributed by atoms with van der Waals surface area (Å²) in [6.07, 6.45) is 9.34. The molecule has 0 aromatic rings. The van der Waals surface area contributed by atoms with Gasteiger partial charge in [0.25, 0.3) is 0 Å². The van der Waals surface area contributed by atoms with Gasteiger partial charge in [-0.05, 0) is 50.4 Å². The van der Waals surface area contributed by atoms with Crippen molar-refractivity contribution < 1.29 is 14.3 Å². The van der Waals surface area contributed by atoms with Gasteiger partial charge in [-0.25, -0.2) is 0 Å². The number of amides is 2. The summed E-state index contributed by atoms with van der Waals surface area (Å²) in [5.74, 6) is 1.75. The first-order valence-electron chi connectivity index (χ1n) is 9.92. The van der Waals surface area contributed by atoms with Gasteiger partial charge in [-0.2, -0.15) is 0 Å². The minimum atomic E-state index is 0.126. The lowest BCUT2D eigenvalue weighted by Crippen LogP contribution is -2.45. The lowest BCUT2D eigenvalue weighted by atomic mass is 10.0. The van der Waals surface area contributed by atoms with Gasteiger partial charge in [0.2, 0.25) is 11.8 Å². The molecule has 4 atom stereocenters. The molecule has 24 heavy (non-hydrogen) atoms. The van der Waals surface area contributed by atoms with Gasteiger partial charge in [0.05, 0.1) is 12.6 Å². The molecule has 2 saturated carbocycles. The molecule has 2 aliphatic carbocycles. The monoisotopic (exact) mass is 334 g/mol. The van der Waals surface area contributed by atoms with Crippen LogP contribution in [0.2, 0.25) is 0 Å². The molecule has 0 aromatic heterocycles. The van der Waals surface area contributed by atoms with E-state index in [4.69, 9.17) is 4.74 Å². The highest BCUT2D eigenvalue weighted by molar-refractivity contribution is 5.88. The average molecular weight is 334 g/mol. The molecule has 1 unspecified atom stereocenters. The molecule has 0 aromatic carbocycles. The van der Waals surface area contributed by atoms with Crippen molar-refractivity contribution in [3.8, 4) is 0 Å². The van der Waals surface area contributed by atoms with E-state index in [-0.39, 0.29) is 30.4 Å². The fourth-order valence-corrected chi connectivity index (χ4v) is 5.07. The third-order valence-corrected chi connectivity index (χ3v) is 6.49. The second-order valence-corrected chi connectivity index (χ2v) is 8.08. The first-order valence-corrected chi connectivity index (χ1v) is 9.92. The SMILES string of the molecule is O=C(CN(C[C@H]1CCCO1)C(=O)C1[C@H]2CCCC[C@@H]12)N1CCCC1. The molecular formula is C19H30N2O3. The summed E-state index contributed by atoms with van der Waals surface area (Å²) < 4.78 is 5.74. The lowest BCUT2D eigenvalue weighted by molar-refractivity contribution is -0.142. The smallest absolute Gasteiger partial charge is 0.242 e. The summed E-state index contributed by atoms with van der Waals surface area (Å²) in [6.45, 7) is 3.37. The van der Waals surface area contributed by atoms with Gasteiger partial charge < -0.3 is 14.5 Å². The second kappa shape index (κ2) is 7.03. The van der Waals surface area contributed by atoms with Crippen LogP contribution in [0.1, 0.15) is 51.4 Å². The zero-order valence-electron chi connectivity index (χ0n) is 14.6. The van der Waals surface area contributed by atoms with Crippen molar-refractivity contribution in [1.82, 2.24) is 9.80 Å². The zero-order valence-corrected chi connectivity index (χ0v) is 14.6. The number of likely N-dealkylation sites (tertiary alicyclic amines) is 1. The lowest BCUT2D eigenvalue weighted by Gasteiger charge is -2.27. The first-order chi connectivity index (χ1) is 11.7. The molecule has 2 saturated heterocycles. The van der Waals surface area contributed by atoms with Crippen molar-refractivity contribution in [2.24, 2.45) is 17.8 Å². The average Bonchev–Trinajstić information content (AvgIpc) is 3.00. The predicted octanol–water partition coefficient (Wildman–Crippen LogP) is 2.05. The maximum Gasteiger partial charge on any atom is 0.242 e. The molecule has 5 nitrogen and oxygen atoms in total. The van der Waals surface area contributed by atoms with E-state index in [1.807, 2.05) is 9.80 Å². The normalized spacial score (nSPS) is 34.9. The number of hydrogen-bond acceptors (Lipinski definition) is 3. The summed E-state index contributed by atoms with van der Waals surface area (Å²) in [4.78, 5) is 29.5. The Morgan fingerprint density at radius 3 is 2.29 bits per heavy atom. The highest BCUT2D eigenvalue weighted by atomic mass is 16.5. The molecule has 4 rings (SSSR count). The fourth-order valence-electron chi connectivity index (χ4n) is 5.07. The Kier molecular flexibility index (Phi) is 4.79. The Hall–Kier alpha value is -1.10. The number of carbonyl (C=O) groups is 2. The van der Waals surface area contributed by atoms with E-state index in [1.54, 1.807) is 0 Å². The van der Waals surface area contributed by atoms with Crippen LogP contribution >= 0.6 is 0 Å². The van der Waals surface area contributed by atoms with Crippen LogP contribution in [-0.2, 0) is 14.3 Å². The minimum Gasteiger partial charge on any atom is -0.376 e. The number of hydrogen-bond donors (Lipinski definition) is 0. The summed E-state index contributed by atoms with van der Waals surface area (Å²) in [5.41, 5.74) is 0. The first kappa shape index (κ1) is 16.4. The van der Waals surface area contributed by atoms with Crippen LogP contribution in [0.15, 0.2) is 0 Å². The molecule has 2 amide bonds. The molecule has 5 heteroatoms. The summed E-state index contributed by atoms with van der Waals surface area (Å²) >= 11 is 0. The quantitative estimate of drug-likeness (QED) is 0.773. The Balaban J connectivity index is 1.40. The molecule has 2 aliphatic heterocycles. The zero-order chi connectivity index (χ0) is 16.5. The molecule has 0 bridgehead atoms. The maximum atomic E-state index is 13.1. The summed E-state index contributed by atoms with van der Waals surface area (Å²) in [6, 6.07) is 0. The van der Waals surface area contributed by atoms with Crippen molar-refractivity contribution in [3.05, 3.63) is 0 Å². The fraction of sp³-hybridized carbons (Fsp3) is 0.895. The molecule has 2 heterocycles. The minimum absolute atomic E-state index is 0.126. The van der Waals surface area contributed by atoms with Gasteiger partial charge in [0.15, 0.2) is 0 Å². The van der Waals surface area contributed by atoms with Crippen LogP contribution in [0, 0.1) is 17.8 Å². The van der Waals surface area contributed by atoms with Crippen LogP contribution in [-0.4, -0.2) is 60.5 Å². The van der Waals surface area contributed by atoms with E-state index >= 15 is 0 Å². The van der Waals surface area contributed by atoms with Gasteiger partial charge in [0.1, 0.15) is 0 Å². The van der Waals surface area contributed by atoms with E-state index in [2.05, 4.69) is 0 Å². The topological polar surface area (TPSA) is 49.9 Å². The molecular weight excluding hydrogens is 304 g/mol. The number of carbonyl (C=O) groups excluding carboxylic acids is 2. The standard InChI is InChI=1S/C19H30N2O3/c22-17(20-9-3-4-10-20)13-21(12-14-6-5-11-24-14)19(23)18-15-7-1-2-8-16(15)18/h14-16,18H,1-13H2/t14-,15-,16+,18?/m1/s1. The molecule has 0 radical (unpaired) electrons. The highest BCUT2D eigenvalue weighted by Gasteiger charge is 2.56. The van der Waals surface area contributed by atoms with Crippen molar-refractivity contribution in [1.29, 1.82) is 0 Å². The van der Waals surface area contributed by atoms with Crippen molar-refractivity contribution in [3.63, 3.8) is 0 Å². The predicted molar refractivity (Wildman–Crippen MR) is 90.3 cm³/mol. The number of ether oxygens (including phenoxy) is 1. The molecule has 0 spiro atoms. The van der Waals surface area contributed by atoms with Crippen LogP contribution in [0.5, 0.6) is 0 Å². The van der Waals surface area contributed by atoms with E-state index in [0.717, 1.165) is 45.4 Å². The third kappa shape index (κ3) is 3.32.